The van der Waals surface area contributed by atoms with Crippen LogP contribution in [0, 0.1) is 5.92 Å². The number of aliphatic hydroxyl groups is 1. The van der Waals surface area contributed by atoms with Crippen molar-refractivity contribution in [2.45, 2.75) is 63.0 Å². The Balaban J connectivity index is 1.53. The van der Waals surface area contributed by atoms with Crippen LogP contribution in [0.15, 0.2) is 0 Å². The number of rotatable bonds is 3. The van der Waals surface area contributed by atoms with E-state index in [-0.39, 0.29) is 30.4 Å². The predicted molar refractivity (Wildman–Crippen MR) is 93.5 cm³/mol. The SMILES string of the molecule is O=C(O)C1CCC(NC(=O)N2CCCC(O)(C(=O)N3CCCC3)C2)CC1. The van der Waals surface area contributed by atoms with Gasteiger partial charge in [0.25, 0.3) is 5.91 Å². The van der Waals surface area contributed by atoms with E-state index < -0.39 is 11.6 Å². The molecule has 0 aromatic carbocycles. The number of hydrogen-bond acceptors (Lipinski definition) is 4. The molecule has 3 aliphatic rings. The van der Waals surface area contributed by atoms with E-state index in [4.69, 9.17) is 5.11 Å². The van der Waals surface area contributed by atoms with Crippen molar-refractivity contribution in [1.29, 1.82) is 0 Å². The number of β-amino-alcohol motifs (C(OH)–C–C–N with tert-alkyl or cyclic N) is 1. The van der Waals surface area contributed by atoms with Crippen LogP contribution < -0.4 is 5.32 Å². The van der Waals surface area contributed by atoms with Crippen LogP contribution in [0.3, 0.4) is 0 Å². The van der Waals surface area contributed by atoms with Gasteiger partial charge in [-0.05, 0) is 51.4 Å². The maximum absolute atomic E-state index is 12.6. The fourth-order valence-electron chi connectivity index (χ4n) is 4.35. The minimum atomic E-state index is -1.49. The van der Waals surface area contributed by atoms with Gasteiger partial charge in [0.05, 0.1) is 12.5 Å². The van der Waals surface area contributed by atoms with Crippen LogP contribution in [-0.2, 0) is 9.59 Å². The molecule has 0 bridgehead atoms. The van der Waals surface area contributed by atoms with Crippen LogP contribution >= 0.6 is 0 Å². The van der Waals surface area contributed by atoms with Crippen LogP contribution in [0.25, 0.3) is 0 Å². The summed E-state index contributed by atoms with van der Waals surface area (Å²) in [5, 5.41) is 22.8. The molecule has 2 saturated heterocycles. The standard InChI is InChI=1S/C18H29N3O5/c22-15(23)13-4-6-14(7-5-13)19-17(25)21-11-3-8-18(26,12-21)16(24)20-9-1-2-10-20/h13-14,26H,1-12H2,(H,19,25)(H,22,23). The number of urea groups is 1. The molecule has 3 fully saturated rings. The molecule has 3 amide bonds. The topological polar surface area (TPSA) is 110 Å². The highest BCUT2D eigenvalue weighted by atomic mass is 16.4. The second-order valence-electron chi connectivity index (χ2n) is 7.89. The quantitative estimate of drug-likeness (QED) is 0.683. The molecule has 0 radical (unpaired) electrons. The van der Waals surface area contributed by atoms with Crippen molar-refractivity contribution >= 4 is 17.9 Å². The van der Waals surface area contributed by atoms with E-state index in [2.05, 4.69) is 5.32 Å². The number of carbonyl (C=O) groups excluding carboxylic acids is 2. The Kier molecular flexibility index (Phi) is 5.70. The zero-order valence-corrected chi connectivity index (χ0v) is 15.2. The number of carboxylic acid groups (broad SMARTS) is 1. The summed E-state index contributed by atoms with van der Waals surface area (Å²) in [6.07, 6.45) is 5.33. The molecule has 8 heteroatoms. The summed E-state index contributed by atoms with van der Waals surface area (Å²) in [7, 11) is 0. The van der Waals surface area contributed by atoms with E-state index in [1.165, 1.54) is 4.90 Å². The molecule has 1 aliphatic carbocycles. The lowest BCUT2D eigenvalue weighted by Crippen LogP contribution is -2.60. The van der Waals surface area contributed by atoms with Gasteiger partial charge in [0.2, 0.25) is 0 Å². The van der Waals surface area contributed by atoms with Crippen molar-refractivity contribution < 1.29 is 24.6 Å². The van der Waals surface area contributed by atoms with Gasteiger partial charge in [-0.2, -0.15) is 0 Å². The summed E-state index contributed by atoms with van der Waals surface area (Å²) in [4.78, 5) is 39.5. The first-order valence-electron chi connectivity index (χ1n) is 9.69. The number of nitrogens with one attached hydrogen (secondary N) is 1. The van der Waals surface area contributed by atoms with Gasteiger partial charge in [-0.15, -0.1) is 0 Å². The number of nitrogens with zero attached hydrogens (tertiary/aromatic N) is 2. The Morgan fingerprint density at radius 2 is 1.54 bits per heavy atom. The van der Waals surface area contributed by atoms with Gasteiger partial charge in [-0.3, -0.25) is 9.59 Å². The minimum Gasteiger partial charge on any atom is -0.481 e. The van der Waals surface area contributed by atoms with Crippen LogP contribution in [-0.4, -0.2) is 75.7 Å². The zero-order valence-electron chi connectivity index (χ0n) is 15.2. The van der Waals surface area contributed by atoms with Gasteiger partial charge in [-0.25, -0.2) is 4.79 Å². The van der Waals surface area contributed by atoms with Gasteiger partial charge in [0, 0.05) is 25.7 Å². The highest BCUT2D eigenvalue weighted by Crippen LogP contribution is 2.27. The number of piperidine rings is 1. The Bertz CT molecular complexity index is 555. The molecule has 1 atom stereocenters. The van der Waals surface area contributed by atoms with Gasteiger partial charge in [-0.1, -0.05) is 0 Å². The number of likely N-dealkylation sites (tertiary alicyclic amines) is 2. The van der Waals surface area contributed by atoms with Crippen LogP contribution in [0.2, 0.25) is 0 Å². The summed E-state index contributed by atoms with van der Waals surface area (Å²) in [5.74, 6) is -1.34. The Labute approximate surface area is 153 Å². The number of hydrogen-bond donors (Lipinski definition) is 3. The summed E-state index contributed by atoms with van der Waals surface area (Å²) in [5.41, 5.74) is -1.49. The molecular weight excluding hydrogens is 338 g/mol. The van der Waals surface area contributed by atoms with E-state index in [0.29, 0.717) is 58.2 Å². The third-order valence-electron chi connectivity index (χ3n) is 5.95. The molecule has 1 saturated carbocycles. The Morgan fingerprint density at radius 1 is 0.923 bits per heavy atom. The van der Waals surface area contributed by atoms with E-state index in [9.17, 15) is 19.5 Å². The molecule has 26 heavy (non-hydrogen) atoms. The van der Waals surface area contributed by atoms with Gasteiger partial charge in [0.15, 0.2) is 5.60 Å². The Morgan fingerprint density at radius 3 is 2.15 bits per heavy atom. The third kappa shape index (κ3) is 4.11. The first kappa shape index (κ1) is 18.9. The molecule has 1 unspecified atom stereocenters. The maximum atomic E-state index is 12.6. The van der Waals surface area contributed by atoms with E-state index in [1.54, 1.807) is 4.90 Å². The smallest absolute Gasteiger partial charge is 0.317 e. The average molecular weight is 367 g/mol. The second-order valence-corrected chi connectivity index (χ2v) is 7.89. The van der Waals surface area contributed by atoms with Crippen molar-refractivity contribution in [3.63, 3.8) is 0 Å². The molecule has 0 aromatic rings. The zero-order chi connectivity index (χ0) is 18.7. The van der Waals surface area contributed by atoms with Gasteiger partial charge >= 0.3 is 12.0 Å². The normalized spacial score (nSPS) is 32.3. The summed E-state index contributed by atoms with van der Waals surface area (Å²) < 4.78 is 0. The fraction of sp³-hybridized carbons (Fsp3) is 0.833. The molecule has 3 rings (SSSR count). The predicted octanol–water partition coefficient (Wildman–Crippen LogP) is 0.789. The molecular formula is C18H29N3O5. The second kappa shape index (κ2) is 7.82. The lowest BCUT2D eigenvalue weighted by Gasteiger charge is -2.40. The highest BCUT2D eigenvalue weighted by molar-refractivity contribution is 5.86. The Hall–Kier alpha value is -1.83. The van der Waals surface area contributed by atoms with E-state index >= 15 is 0 Å². The lowest BCUT2D eigenvalue weighted by molar-refractivity contribution is -0.154. The summed E-state index contributed by atoms with van der Waals surface area (Å²) in [6, 6.07) is -0.307. The third-order valence-corrected chi connectivity index (χ3v) is 5.95. The molecule has 3 N–H and O–H groups in total. The number of carbonyl (C=O) groups is 3. The lowest BCUT2D eigenvalue weighted by atomic mass is 9.86. The summed E-state index contributed by atoms with van der Waals surface area (Å²) >= 11 is 0. The molecule has 0 aromatic heterocycles. The van der Waals surface area contributed by atoms with Gasteiger partial charge < -0.3 is 25.3 Å². The highest BCUT2D eigenvalue weighted by Gasteiger charge is 2.44. The molecule has 8 nitrogen and oxygen atoms in total. The van der Waals surface area contributed by atoms with Crippen LogP contribution in [0.5, 0.6) is 0 Å². The monoisotopic (exact) mass is 367 g/mol. The minimum absolute atomic E-state index is 0.0264. The van der Waals surface area contributed by atoms with Crippen LogP contribution in [0.4, 0.5) is 4.79 Å². The molecule has 2 heterocycles. The van der Waals surface area contributed by atoms with Crippen molar-refractivity contribution in [3.05, 3.63) is 0 Å². The molecule has 0 spiro atoms. The number of amides is 3. The maximum Gasteiger partial charge on any atom is 0.317 e. The molecule has 146 valence electrons. The largest absolute Gasteiger partial charge is 0.481 e. The van der Waals surface area contributed by atoms with Crippen LogP contribution in [0.1, 0.15) is 51.4 Å². The van der Waals surface area contributed by atoms with E-state index in [0.717, 1.165) is 12.8 Å². The van der Waals surface area contributed by atoms with Gasteiger partial charge in [0.1, 0.15) is 0 Å². The number of carboxylic acids is 1. The number of aliphatic carboxylic acids is 1. The van der Waals surface area contributed by atoms with Crippen molar-refractivity contribution in [3.8, 4) is 0 Å². The van der Waals surface area contributed by atoms with Crippen molar-refractivity contribution in [2.24, 2.45) is 5.92 Å². The average Bonchev–Trinajstić information content (AvgIpc) is 3.16. The van der Waals surface area contributed by atoms with Crippen molar-refractivity contribution in [1.82, 2.24) is 15.1 Å². The first-order valence-corrected chi connectivity index (χ1v) is 9.69. The first-order chi connectivity index (χ1) is 12.4. The summed E-state index contributed by atoms with van der Waals surface area (Å²) in [6.45, 7) is 1.91. The fourth-order valence-corrected chi connectivity index (χ4v) is 4.35. The van der Waals surface area contributed by atoms with E-state index in [1.807, 2.05) is 0 Å². The molecule has 2 aliphatic heterocycles. The van der Waals surface area contributed by atoms with Crippen molar-refractivity contribution in [2.75, 3.05) is 26.2 Å².